The summed E-state index contributed by atoms with van der Waals surface area (Å²) in [6.07, 6.45) is 10.1. The predicted octanol–water partition coefficient (Wildman–Crippen LogP) is 2.91. The maximum Gasteiger partial charge on any atom is 0.142 e. The minimum Gasteiger partial charge on any atom is -0.257 e. The van der Waals surface area contributed by atoms with E-state index >= 15 is 0 Å². The SMILES string of the molecule is N#Cc1cc(F)cnc1CC1=CCCC=C1. The smallest absolute Gasteiger partial charge is 0.142 e. The second kappa shape index (κ2) is 4.71. The van der Waals surface area contributed by atoms with E-state index in [9.17, 15) is 4.39 Å². The third kappa shape index (κ3) is 2.34. The molecule has 2 rings (SSSR count). The topological polar surface area (TPSA) is 36.7 Å². The number of allylic oxidation sites excluding steroid dienone is 4. The average molecular weight is 214 g/mol. The van der Waals surface area contributed by atoms with Crippen LogP contribution in [0.25, 0.3) is 0 Å². The molecule has 0 amide bonds. The van der Waals surface area contributed by atoms with Crippen LogP contribution in [0.3, 0.4) is 0 Å². The van der Waals surface area contributed by atoms with Gasteiger partial charge in [0.15, 0.2) is 0 Å². The molecule has 16 heavy (non-hydrogen) atoms. The van der Waals surface area contributed by atoms with Gasteiger partial charge in [-0.15, -0.1) is 0 Å². The zero-order valence-electron chi connectivity index (χ0n) is 8.78. The fourth-order valence-electron chi connectivity index (χ4n) is 1.70. The normalized spacial score (nSPS) is 14.4. The van der Waals surface area contributed by atoms with Crippen molar-refractivity contribution >= 4 is 0 Å². The van der Waals surface area contributed by atoms with Crippen LogP contribution in [0.15, 0.2) is 36.1 Å². The number of halogens is 1. The molecule has 0 atom stereocenters. The lowest BCUT2D eigenvalue weighted by Crippen LogP contribution is -1.99. The fraction of sp³-hybridized carbons (Fsp3) is 0.231. The maximum absolute atomic E-state index is 12.9. The Morgan fingerprint density at radius 3 is 3.00 bits per heavy atom. The predicted molar refractivity (Wildman–Crippen MR) is 59.1 cm³/mol. The molecule has 1 aliphatic carbocycles. The lowest BCUT2D eigenvalue weighted by Gasteiger charge is -2.07. The van der Waals surface area contributed by atoms with Gasteiger partial charge < -0.3 is 0 Å². The highest BCUT2D eigenvalue weighted by Crippen LogP contribution is 2.16. The van der Waals surface area contributed by atoms with Crippen LogP contribution >= 0.6 is 0 Å². The van der Waals surface area contributed by atoms with Crippen molar-refractivity contribution in [1.29, 1.82) is 5.26 Å². The Morgan fingerprint density at radius 2 is 2.31 bits per heavy atom. The second-order valence-electron chi connectivity index (χ2n) is 3.70. The fourth-order valence-corrected chi connectivity index (χ4v) is 1.70. The molecule has 1 aromatic rings. The average Bonchev–Trinajstić information content (AvgIpc) is 2.33. The summed E-state index contributed by atoms with van der Waals surface area (Å²) in [7, 11) is 0. The summed E-state index contributed by atoms with van der Waals surface area (Å²) in [5.74, 6) is -0.464. The van der Waals surface area contributed by atoms with E-state index < -0.39 is 5.82 Å². The summed E-state index contributed by atoms with van der Waals surface area (Å²) in [6.45, 7) is 0. The summed E-state index contributed by atoms with van der Waals surface area (Å²) in [5.41, 5.74) is 2.10. The van der Waals surface area contributed by atoms with E-state index in [4.69, 9.17) is 5.26 Å². The minimum absolute atomic E-state index is 0.319. The van der Waals surface area contributed by atoms with Crippen LogP contribution in [-0.4, -0.2) is 4.98 Å². The molecule has 0 saturated heterocycles. The number of hydrogen-bond acceptors (Lipinski definition) is 2. The van der Waals surface area contributed by atoms with Crippen molar-refractivity contribution in [3.63, 3.8) is 0 Å². The van der Waals surface area contributed by atoms with E-state index in [0.717, 1.165) is 24.6 Å². The molecule has 0 N–H and O–H groups in total. The highest BCUT2D eigenvalue weighted by molar-refractivity contribution is 5.37. The van der Waals surface area contributed by atoms with Crippen LogP contribution < -0.4 is 0 Å². The molecule has 1 aliphatic rings. The Labute approximate surface area is 93.7 Å². The number of nitriles is 1. The van der Waals surface area contributed by atoms with Gasteiger partial charge in [0.05, 0.1) is 17.5 Å². The van der Waals surface area contributed by atoms with E-state index in [1.165, 1.54) is 6.07 Å². The van der Waals surface area contributed by atoms with Crippen molar-refractivity contribution in [2.75, 3.05) is 0 Å². The third-order valence-electron chi connectivity index (χ3n) is 2.50. The first-order valence-corrected chi connectivity index (χ1v) is 5.19. The lowest BCUT2D eigenvalue weighted by atomic mass is 10.0. The molecular formula is C13H11FN2. The molecule has 1 heterocycles. The van der Waals surface area contributed by atoms with Crippen LogP contribution in [0, 0.1) is 17.1 Å². The summed E-state index contributed by atoms with van der Waals surface area (Å²) >= 11 is 0. The molecule has 0 saturated carbocycles. The van der Waals surface area contributed by atoms with Gasteiger partial charge >= 0.3 is 0 Å². The first kappa shape index (κ1) is 10.6. The molecule has 0 radical (unpaired) electrons. The van der Waals surface area contributed by atoms with Crippen LogP contribution in [-0.2, 0) is 6.42 Å². The molecule has 3 heteroatoms. The molecule has 1 aromatic heterocycles. The standard InChI is InChI=1S/C13H11FN2/c14-12-7-11(8-15)13(16-9-12)6-10-4-2-1-3-5-10/h2,4-5,7,9H,1,3,6H2. The highest BCUT2D eigenvalue weighted by atomic mass is 19.1. The minimum atomic E-state index is -0.464. The Morgan fingerprint density at radius 1 is 1.44 bits per heavy atom. The molecule has 0 aromatic carbocycles. The maximum atomic E-state index is 12.9. The molecule has 0 unspecified atom stereocenters. The monoisotopic (exact) mass is 214 g/mol. The van der Waals surface area contributed by atoms with Crippen molar-refractivity contribution < 1.29 is 4.39 Å². The van der Waals surface area contributed by atoms with Crippen LogP contribution in [0.5, 0.6) is 0 Å². The van der Waals surface area contributed by atoms with E-state index in [1.54, 1.807) is 0 Å². The first-order valence-electron chi connectivity index (χ1n) is 5.19. The lowest BCUT2D eigenvalue weighted by molar-refractivity contribution is 0.619. The number of pyridine rings is 1. The molecule has 0 aliphatic heterocycles. The van der Waals surface area contributed by atoms with Gasteiger partial charge in [-0.3, -0.25) is 4.98 Å². The second-order valence-corrected chi connectivity index (χ2v) is 3.70. The Balaban J connectivity index is 2.25. The van der Waals surface area contributed by atoms with Crippen LogP contribution in [0.4, 0.5) is 4.39 Å². The Bertz CT molecular complexity index is 495. The molecular weight excluding hydrogens is 203 g/mol. The number of hydrogen-bond donors (Lipinski definition) is 0. The number of nitrogens with zero attached hydrogens (tertiary/aromatic N) is 2. The van der Waals surface area contributed by atoms with Crippen molar-refractivity contribution in [3.8, 4) is 6.07 Å². The van der Waals surface area contributed by atoms with Crippen molar-refractivity contribution in [2.45, 2.75) is 19.3 Å². The van der Waals surface area contributed by atoms with Gasteiger partial charge in [0.1, 0.15) is 11.9 Å². The summed E-state index contributed by atoms with van der Waals surface area (Å²) in [4.78, 5) is 3.97. The van der Waals surface area contributed by atoms with Gasteiger partial charge in [-0.1, -0.05) is 18.2 Å². The van der Waals surface area contributed by atoms with E-state index in [-0.39, 0.29) is 0 Å². The number of rotatable bonds is 2. The van der Waals surface area contributed by atoms with Gasteiger partial charge in [0, 0.05) is 6.42 Å². The molecule has 0 bridgehead atoms. The number of aromatic nitrogens is 1. The highest BCUT2D eigenvalue weighted by Gasteiger charge is 2.07. The Hall–Kier alpha value is -1.95. The van der Waals surface area contributed by atoms with Crippen LogP contribution in [0.1, 0.15) is 24.1 Å². The molecule has 80 valence electrons. The summed E-state index contributed by atoms with van der Waals surface area (Å²) in [5, 5.41) is 8.88. The molecule has 0 fully saturated rings. The van der Waals surface area contributed by atoms with E-state index in [2.05, 4.69) is 17.1 Å². The summed E-state index contributed by atoms with van der Waals surface area (Å²) in [6, 6.07) is 3.20. The first-order chi connectivity index (χ1) is 7.79. The van der Waals surface area contributed by atoms with Gasteiger partial charge in [-0.05, 0) is 24.5 Å². The largest absolute Gasteiger partial charge is 0.257 e. The van der Waals surface area contributed by atoms with Crippen molar-refractivity contribution in [3.05, 3.63) is 53.1 Å². The van der Waals surface area contributed by atoms with Crippen molar-refractivity contribution in [1.82, 2.24) is 4.98 Å². The van der Waals surface area contributed by atoms with Gasteiger partial charge in [0.2, 0.25) is 0 Å². The van der Waals surface area contributed by atoms with Gasteiger partial charge in [0.25, 0.3) is 0 Å². The van der Waals surface area contributed by atoms with Crippen LogP contribution in [0.2, 0.25) is 0 Å². The quantitative estimate of drug-likeness (QED) is 0.759. The molecule has 0 spiro atoms. The third-order valence-corrected chi connectivity index (χ3v) is 2.50. The summed E-state index contributed by atoms with van der Waals surface area (Å²) < 4.78 is 12.9. The van der Waals surface area contributed by atoms with Gasteiger partial charge in [-0.25, -0.2) is 4.39 Å². The zero-order chi connectivity index (χ0) is 11.4. The van der Waals surface area contributed by atoms with Crippen molar-refractivity contribution in [2.24, 2.45) is 0 Å². The molecule has 2 nitrogen and oxygen atoms in total. The van der Waals surface area contributed by atoms with Gasteiger partial charge in [-0.2, -0.15) is 5.26 Å². The zero-order valence-corrected chi connectivity index (χ0v) is 8.78. The van der Waals surface area contributed by atoms with E-state index in [0.29, 0.717) is 17.7 Å². The Kier molecular flexibility index (Phi) is 3.11. The van der Waals surface area contributed by atoms with E-state index in [1.807, 2.05) is 12.1 Å².